The van der Waals surface area contributed by atoms with Crippen molar-refractivity contribution in [3.05, 3.63) is 53.1 Å². The molecule has 0 aliphatic carbocycles. The lowest BCUT2D eigenvalue weighted by Crippen LogP contribution is -2.31. The van der Waals surface area contributed by atoms with Gasteiger partial charge in [-0.2, -0.15) is 0 Å². The van der Waals surface area contributed by atoms with Gasteiger partial charge in [0.25, 0.3) is 5.91 Å². The zero-order valence-electron chi connectivity index (χ0n) is 17.2. The van der Waals surface area contributed by atoms with Gasteiger partial charge in [0.05, 0.1) is 11.7 Å². The van der Waals surface area contributed by atoms with Crippen molar-refractivity contribution in [1.29, 1.82) is 0 Å². The fourth-order valence-electron chi connectivity index (χ4n) is 3.21. The normalized spacial score (nSPS) is 14.0. The van der Waals surface area contributed by atoms with Crippen LogP contribution in [0.5, 0.6) is 17.2 Å². The van der Waals surface area contributed by atoms with Gasteiger partial charge in [0, 0.05) is 19.1 Å². The molecule has 164 valence electrons. The summed E-state index contributed by atoms with van der Waals surface area (Å²) in [5.41, 5.74) is 1.92. The van der Waals surface area contributed by atoms with Crippen LogP contribution in [-0.4, -0.2) is 42.0 Å². The third kappa shape index (κ3) is 6.01. The number of carbonyl (C=O) groups excluding carboxylic acids is 1. The van der Waals surface area contributed by atoms with Crippen LogP contribution in [0, 0.1) is 0 Å². The molecular weight excluding hydrogens is 408 g/mol. The molecule has 0 bridgehead atoms. The number of fused-ring (bicyclic) bond motifs is 1. The Labute approximate surface area is 182 Å². The van der Waals surface area contributed by atoms with Crippen molar-refractivity contribution in [2.45, 2.75) is 38.8 Å². The lowest BCUT2D eigenvalue weighted by molar-refractivity contribution is 0.0952. The lowest BCUT2D eigenvalue weighted by atomic mass is 10.0. The van der Waals surface area contributed by atoms with Crippen molar-refractivity contribution >= 4 is 18.3 Å². The predicted molar refractivity (Wildman–Crippen MR) is 117 cm³/mol. The number of aliphatic hydroxyl groups is 1. The number of ether oxygens (including phenoxy) is 2. The molecule has 0 aromatic heterocycles. The molecule has 30 heavy (non-hydrogen) atoms. The predicted octanol–water partition coefficient (Wildman–Crippen LogP) is 2.94. The van der Waals surface area contributed by atoms with Gasteiger partial charge in [-0.3, -0.25) is 4.79 Å². The Morgan fingerprint density at radius 3 is 2.70 bits per heavy atom. The SMILES string of the molecule is CCNC(=O)c1cc(C(O)CNC(C)CCc2ccc3c(c2)OCO3)ccc1O.Cl. The van der Waals surface area contributed by atoms with E-state index < -0.39 is 6.10 Å². The number of benzene rings is 2. The van der Waals surface area contributed by atoms with E-state index in [9.17, 15) is 15.0 Å². The monoisotopic (exact) mass is 436 g/mol. The molecule has 0 fully saturated rings. The van der Waals surface area contributed by atoms with Crippen LogP contribution in [0.2, 0.25) is 0 Å². The highest BCUT2D eigenvalue weighted by Crippen LogP contribution is 2.32. The van der Waals surface area contributed by atoms with Crippen LogP contribution >= 0.6 is 12.4 Å². The second-order valence-corrected chi connectivity index (χ2v) is 7.19. The summed E-state index contributed by atoms with van der Waals surface area (Å²) in [7, 11) is 0. The molecule has 2 unspecified atom stereocenters. The van der Waals surface area contributed by atoms with E-state index in [1.165, 1.54) is 17.7 Å². The number of hydrogen-bond donors (Lipinski definition) is 4. The maximum atomic E-state index is 12.0. The Morgan fingerprint density at radius 1 is 1.17 bits per heavy atom. The van der Waals surface area contributed by atoms with Gasteiger partial charge in [-0.15, -0.1) is 12.4 Å². The number of rotatable bonds is 9. The Kier molecular flexibility index (Phi) is 8.77. The van der Waals surface area contributed by atoms with E-state index in [-0.39, 0.29) is 42.5 Å². The minimum absolute atomic E-state index is 0. The van der Waals surface area contributed by atoms with E-state index >= 15 is 0 Å². The zero-order chi connectivity index (χ0) is 20.8. The molecule has 1 amide bonds. The van der Waals surface area contributed by atoms with E-state index in [0.29, 0.717) is 18.7 Å². The van der Waals surface area contributed by atoms with Crippen molar-refractivity contribution in [1.82, 2.24) is 10.6 Å². The Hall–Kier alpha value is -2.48. The number of amides is 1. The zero-order valence-corrected chi connectivity index (χ0v) is 18.0. The number of phenols is 1. The minimum Gasteiger partial charge on any atom is -0.507 e. The number of aromatic hydroxyl groups is 1. The van der Waals surface area contributed by atoms with Crippen molar-refractivity contribution in [2.24, 2.45) is 0 Å². The molecule has 2 atom stereocenters. The van der Waals surface area contributed by atoms with Crippen LogP contribution in [0.25, 0.3) is 0 Å². The molecule has 1 aliphatic rings. The average Bonchev–Trinajstić information content (AvgIpc) is 3.18. The average molecular weight is 437 g/mol. The summed E-state index contributed by atoms with van der Waals surface area (Å²) in [4.78, 5) is 12.0. The molecule has 2 aromatic rings. The van der Waals surface area contributed by atoms with Gasteiger partial charge in [0.15, 0.2) is 11.5 Å². The van der Waals surface area contributed by atoms with Crippen LogP contribution in [0.3, 0.4) is 0 Å². The van der Waals surface area contributed by atoms with Crippen molar-refractivity contribution < 1.29 is 24.5 Å². The van der Waals surface area contributed by atoms with Gasteiger partial charge in [-0.05, 0) is 62.1 Å². The summed E-state index contributed by atoms with van der Waals surface area (Å²) < 4.78 is 10.7. The number of phenolic OH excluding ortho intramolecular Hbond substituents is 1. The summed E-state index contributed by atoms with van der Waals surface area (Å²) in [6.07, 6.45) is 0.991. The number of aliphatic hydroxyl groups excluding tert-OH is 1. The summed E-state index contributed by atoms with van der Waals surface area (Å²) in [6, 6.07) is 10.8. The van der Waals surface area contributed by atoms with E-state index in [4.69, 9.17) is 9.47 Å². The highest BCUT2D eigenvalue weighted by atomic mass is 35.5. The molecule has 1 heterocycles. The standard InChI is InChI=1S/C22H28N2O5.ClH/c1-3-23-22(27)17-11-16(7-8-18(17)25)19(26)12-24-14(2)4-5-15-6-9-20-21(10-15)29-13-28-20;/h6-11,14,19,24-26H,3-5,12-13H2,1-2H3,(H,23,27);1H. The molecule has 2 aromatic carbocycles. The highest BCUT2D eigenvalue weighted by Gasteiger charge is 2.16. The summed E-state index contributed by atoms with van der Waals surface area (Å²) >= 11 is 0. The Bertz CT molecular complexity index is 861. The van der Waals surface area contributed by atoms with E-state index in [1.54, 1.807) is 6.07 Å². The summed E-state index contributed by atoms with van der Waals surface area (Å²) in [5, 5.41) is 26.4. The highest BCUT2D eigenvalue weighted by molar-refractivity contribution is 5.97. The quantitative estimate of drug-likeness (QED) is 0.482. The van der Waals surface area contributed by atoms with Gasteiger partial charge in [0.1, 0.15) is 5.75 Å². The number of hydrogen-bond acceptors (Lipinski definition) is 6. The second-order valence-electron chi connectivity index (χ2n) is 7.19. The lowest BCUT2D eigenvalue weighted by Gasteiger charge is -2.18. The van der Waals surface area contributed by atoms with Crippen molar-refractivity contribution in [3.63, 3.8) is 0 Å². The molecule has 1 aliphatic heterocycles. The van der Waals surface area contributed by atoms with Crippen molar-refractivity contribution in [2.75, 3.05) is 19.9 Å². The van der Waals surface area contributed by atoms with E-state index in [0.717, 1.165) is 24.3 Å². The number of carbonyl (C=O) groups is 1. The fourth-order valence-corrected chi connectivity index (χ4v) is 3.21. The smallest absolute Gasteiger partial charge is 0.255 e. The molecule has 0 radical (unpaired) electrons. The van der Waals surface area contributed by atoms with E-state index in [2.05, 4.69) is 17.6 Å². The third-order valence-electron chi connectivity index (χ3n) is 4.95. The van der Waals surface area contributed by atoms with Gasteiger partial charge >= 0.3 is 0 Å². The second kappa shape index (κ2) is 11.1. The minimum atomic E-state index is -0.781. The first-order valence-corrected chi connectivity index (χ1v) is 9.89. The summed E-state index contributed by atoms with van der Waals surface area (Å²) in [6.45, 7) is 4.96. The molecule has 0 saturated heterocycles. The van der Waals surface area contributed by atoms with Gasteiger partial charge in [-0.1, -0.05) is 12.1 Å². The Morgan fingerprint density at radius 2 is 1.93 bits per heavy atom. The molecule has 0 spiro atoms. The third-order valence-corrected chi connectivity index (χ3v) is 4.95. The number of aryl methyl sites for hydroxylation is 1. The molecule has 7 nitrogen and oxygen atoms in total. The molecule has 8 heteroatoms. The van der Waals surface area contributed by atoms with Gasteiger partial charge in [0.2, 0.25) is 6.79 Å². The molecular formula is C22H29ClN2O5. The van der Waals surface area contributed by atoms with Crippen LogP contribution in [0.4, 0.5) is 0 Å². The van der Waals surface area contributed by atoms with E-state index in [1.807, 2.05) is 25.1 Å². The first-order chi connectivity index (χ1) is 14.0. The molecule has 4 N–H and O–H groups in total. The topological polar surface area (TPSA) is 100 Å². The number of halogens is 1. The maximum Gasteiger partial charge on any atom is 0.255 e. The number of nitrogens with one attached hydrogen (secondary N) is 2. The van der Waals surface area contributed by atoms with Crippen LogP contribution in [-0.2, 0) is 6.42 Å². The maximum absolute atomic E-state index is 12.0. The van der Waals surface area contributed by atoms with Gasteiger partial charge in [-0.25, -0.2) is 0 Å². The fraction of sp³-hybridized carbons (Fsp3) is 0.409. The molecule has 3 rings (SSSR count). The van der Waals surface area contributed by atoms with Crippen LogP contribution in [0.1, 0.15) is 47.9 Å². The summed E-state index contributed by atoms with van der Waals surface area (Å²) in [5.74, 6) is 1.11. The molecule has 0 saturated carbocycles. The van der Waals surface area contributed by atoms with Crippen molar-refractivity contribution in [3.8, 4) is 17.2 Å². The largest absolute Gasteiger partial charge is 0.507 e. The van der Waals surface area contributed by atoms with Crippen LogP contribution in [0.15, 0.2) is 36.4 Å². The van der Waals surface area contributed by atoms with Crippen LogP contribution < -0.4 is 20.1 Å². The Balaban J connectivity index is 0.00000320. The first kappa shape index (κ1) is 23.8. The first-order valence-electron chi connectivity index (χ1n) is 9.89. The van der Waals surface area contributed by atoms with Gasteiger partial charge < -0.3 is 30.3 Å².